The maximum Gasteiger partial charge on any atom is 0.318 e. The third-order valence-electron chi connectivity index (χ3n) is 10.0. The second-order valence-corrected chi connectivity index (χ2v) is 12.7. The van der Waals surface area contributed by atoms with Gasteiger partial charge in [0.1, 0.15) is 5.82 Å². The molecule has 1 unspecified atom stereocenters. The molecule has 230 valence electrons. The number of nitrogens with zero attached hydrogens (tertiary/aromatic N) is 6. The predicted octanol–water partition coefficient (Wildman–Crippen LogP) is 6.21. The van der Waals surface area contributed by atoms with Crippen LogP contribution in [0.15, 0.2) is 49.1 Å². The van der Waals surface area contributed by atoms with Crippen molar-refractivity contribution in [2.45, 2.75) is 71.4 Å². The van der Waals surface area contributed by atoms with E-state index in [1.54, 1.807) is 4.90 Å². The largest absolute Gasteiger partial charge is 0.463 e. The Bertz CT molecular complexity index is 1550. The molecule has 3 aliphatic rings. The van der Waals surface area contributed by atoms with E-state index in [1.165, 1.54) is 53.8 Å². The molecule has 1 amide bonds. The van der Waals surface area contributed by atoms with Crippen molar-refractivity contribution in [3.05, 3.63) is 65.9 Å². The Labute approximate surface area is 261 Å². The number of fused-ring (bicyclic) bond motifs is 2. The number of ether oxygens (including phenoxy) is 1. The van der Waals surface area contributed by atoms with Gasteiger partial charge in [-0.25, -0.2) is 0 Å². The van der Waals surface area contributed by atoms with Crippen LogP contribution < -0.4 is 14.5 Å². The number of hydrogen-bond donors (Lipinski definition) is 0. The lowest BCUT2D eigenvalue weighted by molar-refractivity contribution is -0.128. The minimum Gasteiger partial charge on any atom is -0.463 e. The van der Waals surface area contributed by atoms with Gasteiger partial charge < -0.3 is 19.4 Å². The summed E-state index contributed by atoms with van der Waals surface area (Å²) in [5.74, 6) is 2.18. The van der Waals surface area contributed by atoms with Crippen LogP contribution in [0.25, 0.3) is 10.8 Å². The van der Waals surface area contributed by atoms with E-state index in [4.69, 9.17) is 14.7 Å². The van der Waals surface area contributed by atoms with Crippen molar-refractivity contribution in [1.82, 2.24) is 14.9 Å². The standard InChI is InChI=1S/C36H44N6O2/c1-4-33(43)42-21-20-41(23-29(42)15-18-37)35-30-16-19-40(32-14-8-13-28-12-7-9-26(3)34(28)32)24-31(30)38-36(39-35)44-22-17-25(2)27-10-5-6-11-27/h4,7-9,12-14,25,27,29H,1,5-6,10-11,15-17,19-24H2,2-3H3/t25?,29-/m0/s1. The zero-order valence-corrected chi connectivity index (χ0v) is 26.2. The van der Waals surface area contributed by atoms with Gasteiger partial charge in [0.15, 0.2) is 0 Å². The molecule has 0 bridgehead atoms. The summed E-state index contributed by atoms with van der Waals surface area (Å²) in [5, 5.41) is 12.1. The minimum absolute atomic E-state index is 0.129. The van der Waals surface area contributed by atoms with Gasteiger partial charge >= 0.3 is 6.01 Å². The SMILES string of the molecule is C=CC(=O)N1CCN(c2nc(OCCC(C)C3CCCC3)nc3c2CCN(c2cccc4cccc(C)c24)C3)C[C@@H]1CC#N. The van der Waals surface area contributed by atoms with E-state index in [1.807, 2.05) is 0 Å². The van der Waals surface area contributed by atoms with Crippen molar-refractivity contribution in [2.24, 2.45) is 11.8 Å². The topological polar surface area (TPSA) is 85.6 Å². The molecule has 2 aromatic carbocycles. The van der Waals surface area contributed by atoms with Gasteiger partial charge in [-0.2, -0.15) is 15.2 Å². The smallest absolute Gasteiger partial charge is 0.318 e. The van der Waals surface area contributed by atoms with Gasteiger partial charge in [0.25, 0.3) is 0 Å². The van der Waals surface area contributed by atoms with E-state index in [0.29, 0.717) is 44.7 Å². The van der Waals surface area contributed by atoms with Crippen molar-refractivity contribution in [3.8, 4) is 12.1 Å². The number of nitriles is 1. The first kappa shape index (κ1) is 29.9. The minimum atomic E-state index is -0.222. The molecule has 0 spiro atoms. The molecule has 0 radical (unpaired) electrons. The molecule has 2 aliphatic heterocycles. The molecule has 8 heteroatoms. The lowest BCUT2D eigenvalue weighted by atomic mass is 9.90. The van der Waals surface area contributed by atoms with Crippen LogP contribution in [0.3, 0.4) is 0 Å². The van der Waals surface area contributed by atoms with Crippen molar-refractivity contribution in [1.29, 1.82) is 5.26 Å². The van der Waals surface area contributed by atoms with Crippen LogP contribution >= 0.6 is 0 Å². The molecule has 2 fully saturated rings. The summed E-state index contributed by atoms with van der Waals surface area (Å²) in [7, 11) is 0. The first-order valence-electron chi connectivity index (χ1n) is 16.3. The zero-order valence-electron chi connectivity index (χ0n) is 26.2. The average molecular weight is 593 g/mol. The fourth-order valence-electron chi connectivity index (χ4n) is 7.52. The second-order valence-electron chi connectivity index (χ2n) is 12.7. The fourth-order valence-corrected chi connectivity index (χ4v) is 7.52. The Hall–Kier alpha value is -4.12. The molecular weight excluding hydrogens is 548 g/mol. The van der Waals surface area contributed by atoms with E-state index >= 15 is 0 Å². The van der Waals surface area contributed by atoms with Gasteiger partial charge in [0.05, 0.1) is 37.4 Å². The van der Waals surface area contributed by atoms with E-state index in [9.17, 15) is 10.1 Å². The monoisotopic (exact) mass is 592 g/mol. The van der Waals surface area contributed by atoms with Gasteiger partial charge in [-0.05, 0) is 54.7 Å². The number of carbonyl (C=O) groups excluding carboxylic acids is 1. The summed E-state index contributed by atoms with van der Waals surface area (Å²) in [6, 6.07) is 15.5. The van der Waals surface area contributed by atoms with E-state index in [2.05, 4.69) is 72.7 Å². The highest BCUT2D eigenvalue weighted by molar-refractivity contribution is 5.97. The normalized spacial score (nSPS) is 19.5. The Kier molecular flexibility index (Phi) is 9.02. The number of anilines is 2. The number of aromatic nitrogens is 2. The van der Waals surface area contributed by atoms with Gasteiger partial charge in [0, 0.05) is 42.8 Å². The first-order valence-corrected chi connectivity index (χ1v) is 16.3. The highest BCUT2D eigenvalue weighted by Crippen LogP contribution is 2.36. The third kappa shape index (κ3) is 6.10. The van der Waals surface area contributed by atoms with Crippen LogP contribution in [0.4, 0.5) is 11.5 Å². The first-order chi connectivity index (χ1) is 21.5. The summed E-state index contributed by atoms with van der Waals surface area (Å²) < 4.78 is 6.32. The highest BCUT2D eigenvalue weighted by Gasteiger charge is 2.33. The number of amides is 1. The number of carbonyl (C=O) groups is 1. The lowest BCUT2D eigenvalue weighted by Crippen LogP contribution is -2.55. The van der Waals surface area contributed by atoms with Crippen LogP contribution in [0.2, 0.25) is 0 Å². The predicted molar refractivity (Wildman–Crippen MR) is 175 cm³/mol. The molecule has 1 aliphatic carbocycles. The molecule has 0 N–H and O–H groups in total. The van der Waals surface area contributed by atoms with Crippen LogP contribution in [-0.2, 0) is 17.8 Å². The molecule has 2 atom stereocenters. The molecule has 1 saturated heterocycles. The second kappa shape index (κ2) is 13.3. The summed E-state index contributed by atoms with van der Waals surface area (Å²) in [6.07, 6.45) is 8.75. The zero-order chi connectivity index (χ0) is 30.6. The maximum absolute atomic E-state index is 12.6. The Morgan fingerprint density at radius 3 is 2.70 bits per heavy atom. The van der Waals surface area contributed by atoms with Crippen LogP contribution in [0.1, 0.15) is 62.3 Å². The Balaban J connectivity index is 1.30. The number of aryl methyl sites for hydroxylation is 1. The summed E-state index contributed by atoms with van der Waals surface area (Å²) in [4.78, 5) is 29.0. The number of hydrogen-bond acceptors (Lipinski definition) is 7. The molecular formula is C36H44N6O2. The van der Waals surface area contributed by atoms with Gasteiger partial charge in [0.2, 0.25) is 5.91 Å². The molecule has 1 saturated carbocycles. The van der Waals surface area contributed by atoms with Crippen molar-refractivity contribution < 1.29 is 9.53 Å². The Morgan fingerprint density at radius 2 is 1.93 bits per heavy atom. The number of benzene rings is 2. The van der Waals surface area contributed by atoms with Crippen molar-refractivity contribution in [3.63, 3.8) is 0 Å². The van der Waals surface area contributed by atoms with Gasteiger partial charge in [-0.1, -0.05) is 69.5 Å². The van der Waals surface area contributed by atoms with Crippen molar-refractivity contribution in [2.75, 3.05) is 42.6 Å². The van der Waals surface area contributed by atoms with Crippen LogP contribution in [0, 0.1) is 30.1 Å². The van der Waals surface area contributed by atoms with Crippen molar-refractivity contribution >= 4 is 28.2 Å². The van der Waals surface area contributed by atoms with Crippen LogP contribution in [-0.4, -0.2) is 59.6 Å². The summed E-state index contributed by atoms with van der Waals surface area (Å²) in [6.45, 7) is 12.0. The van der Waals surface area contributed by atoms with E-state index in [0.717, 1.165) is 42.4 Å². The molecule has 8 nitrogen and oxygen atoms in total. The number of piperazine rings is 1. The molecule has 6 rings (SSSR count). The fraction of sp³-hybridized carbons (Fsp3) is 0.500. The van der Waals surface area contributed by atoms with Crippen LogP contribution in [0.5, 0.6) is 6.01 Å². The molecule has 3 heterocycles. The summed E-state index contributed by atoms with van der Waals surface area (Å²) >= 11 is 0. The highest BCUT2D eigenvalue weighted by atomic mass is 16.5. The Morgan fingerprint density at radius 1 is 1.14 bits per heavy atom. The molecule has 3 aromatic rings. The van der Waals surface area contributed by atoms with E-state index in [-0.39, 0.29) is 18.4 Å². The summed E-state index contributed by atoms with van der Waals surface area (Å²) in [5.41, 5.74) is 4.63. The third-order valence-corrected chi connectivity index (χ3v) is 10.0. The van der Waals surface area contributed by atoms with E-state index < -0.39 is 0 Å². The lowest BCUT2D eigenvalue weighted by Gasteiger charge is -2.42. The quantitative estimate of drug-likeness (QED) is 0.273. The van der Waals surface area contributed by atoms with Gasteiger partial charge in [-0.3, -0.25) is 4.79 Å². The average Bonchev–Trinajstić information content (AvgIpc) is 3.59. The maximum atomic E-state index is 12.6. The van der Waals surface area contributed by atoms with Gasteiger partial charge in [-0.15, -0.1) is 0 Å². The molecule has 1 aromatic heterocycles. The molecule has 44 heavy (non-hydrogen) atoms. The number of rotatable bonds is 9.